The third-order valence-corrected chi connectivity index (χ3v) is 4.81. The molecule has 0 aliphatic rings. The number of aliphatic hydroxyl groups is 1. The predicted octanol–water partition coefficient (Wildman–Crippen LogP) is 4.30. The molecule has 28 heavy (non-hydrogen) atoms. The van der Waals surface area contributed by atoms with Crippen LogP contribution in [0.3, 0.4) is 0 Å². The molecule has 1 unspecified atom stereocenters. The molecule has 0 aliphatic heterocycles. The average molecular weight is 383 g/mol. The fraction of sp³-hybridized carbons (Fsp3) is 0.318. The van der Waals surface area contributed by atoms with E-state index in [1.54, 1.807) is 35.4 Å². The van der Waals surface area contributed by atoms with Crippen LogP contribution in [0.2, 0.25) is 0 Å². The van der Waals surface area contributed by atoms with Gasteiger partial charge >= 0.3 is 0 Å². The van der Waals surface area contributed by atoms with E-state index in [1.165, 1.54) is 0 Å². The Hall–Kier alpha value is -2.99. The molecule has 0 bridgehead atoms. The summed E-state index contributed by atoms with van der Waals surface area (Å²) in [6.07, 6.45) is -0.701. The molecule has 1 atom stereocenters. The van der Waals surface area contributed by atoms with Gasteiger partial charge in [0, 0.05) is 22.7 Å². The first kappa shape index (κ1) is 19.8. The van der Waals surface area contributed by atoms with Crippen molar-refractivity contribution >= 4 is 10.9 Å². The van der Waals surface area contributed by atoms with Gasteiger partial charge in [0.25, 0.3) is 0 Å². The Labute approximate surface area is 164 Å². The Kier molecular flexibility index (Phi) is 5.61. The lowest BCUT2D eigenvalue weighted by molar-refractivity contribution is 0.199. The molecule has 0 spiro atoms. The summed E-state index contributed by atoms with van der Waals surface area (Å²) in [5.41, 5.74) is 4.02. The van der Waals surface area contributed by atoms with Crippen molar-refractivity contribution in [3.63, 3.8) is 0 Å². The summed E-state index contributed by atoms with van der Waals surface area (Å²) in [7, 11) is 6.38. The van der Waals surface area contributed by atoms with E-state index < -0.39 is 6.10 Å². The maximum absolute atomic E-state index is 10.5. The zero-order chi connectivity index (χ0) is 20.4. The van der Waals surface area contributed by atoms with Crippen molar-refractivity contribution in [2.75, 3.05) is 28.4 Å². The number of benzene rings is 2. The summed E-state index contributed by atoms with van der Waals surface area (Å²) in [4.78, 5) is 4.69. The summed E-state index contributed by atoms with van der Waals surface area (Å²) in [6.45, 7) is 3.63. The van der Waals surface area contributed by atoms with E-state index in [4.69, 9.17) is 23.9 Å². The first-order valence-corrected chi connectivity index (χ1v) is 8.91. The van der Waals surface area contributed by atoms with Crippen LogP contribution in [0.4, 0.5) is 0 Å². The molecule has 3 rings (SSSR count). The van der Waals surface area contributed by atoms with Gasteiger partial charge in [-0.25, -0.2) is 0 Å². The van der Waals surface area contributed by atoms with E-state index in [2.05, 4.69) is 0 Å². The summed E-state index contributed by atoms with van der Waals surface area (Å²) in [5.74, 6) is 2.45. The SMILES string of the molecule is COc1ccc(-c2c(C(C)O)c(C)nc3cc(OC)c(OC)cc23)cc1OC. The largest absolute Gasteiger partial charge is 0.493 e. The van der Waals surface area contributed by atoms with Gasteiger partial charge in [-0.3, -0.25) is 4.98 Å². The molecule has 0 saturated heterocycles. The minimum absolute atomic E-state index is 0.596. The highest BCUT2D eigenvalue weighted by atomic mass is 16.5. The topological polar surface area (TPSA) is 70.0 Å². The first-order valence-electron chi connectivity index (χ1n) is 8.91. The molecular weight excluding hydrogens is 358 g/mol. The lowest BCUT2D eigenvalue weighted by atomic mass is 9.91. The van der Waals surface area contributed by atoms with E-state index in [9.17, 15) is 5.11 Å². The molecule has 0 radical (unpaired) electrons. The lowest BCUT2D eigenvalue weighted by Crippen LogP contribution is -2.04. The van der Waals surface area contributed by atoms with E-state index in [-0.39, 0.29) is 0 Å². The molecule has 1 aromatic heterocycles. The maximum atomic E-state index is 10.5. The molecule has 1 N–H and O–H groups in total. The molecule has 2 aromatic carbocycles. The van der Waals surface area contributed by atoms with E-state index >= 15 is 0 Å². The van der Waals surface area contributed by atoms with Crippen molar-refractivity contribution in [2.24, 2.45) is 0 Å². The van der Waals surface area contributed by atoms with Gasteiger partial charge in [0.05, 0.1) is 40.1 Å². The van der Waals surface area contributed by atoms with Crippen LogP contribution in [0.15, 0.2) is 30.3 Å². The number of ether oxygens (including phenoxy) is 4. The number of pyridine rings is 1. The minimum atomic E-state index is -0.701. The summed E-state index contributed by atoms with van der Waals surface area (Å²) in [5, 5.41) is 11.4. The smallest absolute Gasteiger partial charge is 0.162 e. The molecule has 148 valence electrons. The second-order valence-electron chi connectivity index (χ2n) is 6.46. The molecular formula is C22H25NO5. The van der Waals surface area contributed by atoms with Gasteiger partial charge in [0.1, 0.15) is 0 Å². The van der Waals surface area contributed by atoms with Gasteiger partial charge in [0.15, 0.2) is 23.0 Å². The highest BCUT2D eigenvalue weighted by molar-refractivity contribution is 5.99. The van der Waals surface area contributed by atoms with Crippen LogP contribution >= 0.6 is 0 Å². The van der Waals surface area contributed by atoms with Gasteiger partial charge in [0.2, 0.25) is 0 Å². The monoisotopic (exact) mass is 383 g/mol. The van der Waals surface area contributed by atoms with Crippen LogP contribution in [0.1, 0.15) is 24.3 Å². The normalized spacial score (nSPS) is 12.0. The molecule has 3 aromatic rings. The summed E-state index contributed by atoms with van der Waals surface area (Å²) >= 11 is 0. The molecule has 6 nitrogen and oxygen atoms in total. The Balaban J connectivity index is 2.43. The van der Waals surface area contributed by atoms with E-state index in [1.807, 2.05) is 37.3 Å². The fourth-order valence-corrected chi connectivity index (χ4v) is 3.54. The first-order chi connectivity index (χ1) is 13.4. The predicted molar refractivity (Wildman–Crippen MR) is 109 cm³/mol. The van der Waals surface area contributed by atoms with Gasteiger partial charge in [-0.05, 0) is 43.2 Å². The van der Waals surface area contributed by atoms with Gasteiger partial charge in [-0.15, -0.1) is 0 Å². The zero-order valence-electron chi connectivity index (χ0n) is 17.0. The number of aromatic nitrogens is 1. The Bertz CT molecular complexity index is 1010. The quantitative estimate of drug-likeness (QED) is 0.684. The molecule has 0 amide bonds. The van der Waals surface area contributed by atoms with Crippen LogP contribution in [0.25, 0.3) is 22.0 Å². The second-order valence-corrected chi connectivity index (χ2v) is 6.46. The van der Waals surface area contributed by atoms with Gasteiger partial charge in [-0.2, -0.15) is 0 Å². The zero-order valence-corrected chi connectivity index (χ0v) is 17.0. The van der Waals surface area contributed by atoms with Crippen molar-refractivity contribution in [1.82, 2.24) is 4.98 Å². The number of nitrogens with zero attached hydrogens (tertiary/aromatic N) is 1. The third-order valence-electron chi connectivity index (χ3n) is 4.81. The number of methoxy groups -OCH3 is 4. The number of fused-ring (bicyclic) bond motifs is 1. The van der Waals surface area contributed by atoms with Crippen LogP contribution in [0.5, 0.6) is 23.0 Å². The highest BCUT2D eigenvalue weighted by Crippen LogP contribution is 2.42. The number of rotatable bonds is 6. The Morgan fingerprint density at radius 3 is 1.96 bits per heavy atom. The number of hydrogen-bond acceptors (Lipinski definition) is 6. The summed E-state index contributed by atoms with van der Waals surface area (Å²) in [6, 6.07) is 9.42. The summed E-state index contributed by atoms with van der Waals surface area (Å²) < 4.78 is 21.7. The fourth-order valence-electron chi connectivity index (χ4n) is 3.54. The Morgan fingerprint density at radius 2 is 1.39 bits per heavy atom. The number of aryl methyl sites for hydroxylation is 1. The maximum Gasteiger partial charge on any atom is 0.162 e. The Morgan fingerprint density at radius 1 is 0.821 bits per heavy atom. The molecule has 0 saturated carbocycles. The van der Waals surface area contributed by atoms with Crippen LogP contribution < -0.4 is 18.9 Å². The number of hydrogen-bond donors (Lipinski definition) is 1. The van der Waals surface area contributed by atoms with E-state index in [0.717, 1.165) is 33.3 Å². The standard InChI is InChI=1S/C22H25NO5/c1-12-21(13(2)24)22(14-7-8-17(25-3)18(9-14)26-4)15-10-19(27-5)20(28-6)11-16(15)23-12/h7-11,13,24H,1-6H3. The highest BCUT2D eigenvalue weighted by Gasteiger charge is 2.21. The van der Waals surface area contributed by atoms with Crippen molar-refractivity contribution in [2.45, 2.75) is 20.0 Å². The molecule has 0 aliphatic carbocycles. The van der Waals surface area contributed by atoms with Gasteiger partial charge < -0.3 is 24.1 Å². The molecule has 6 heteroatoms. The molecule has 0 fully saturated rings. The van der Waals surface area contributed by atoms with Crippen LogP contribution in [-0.2, 0) is 0 Å². The van der Waals surface area contributed by atoms with Crippen molar-refractivity contribution < 1.29 is 24.1 Å². The number of aliphatic hydroxyl groups excluding tert-OH is 1. The van der Waals surface area contributed by atoms with Crippen LogP contribution in [-0.4, -0.2) is 38.5 Å². The van der Waals surface area contributed by atoms with Crippen molar-refractivity contribution in [1.29, 1.82) is 0 Å². The lowest BCUT2D eigenvalue weighted by Gasteiger charge is -2.20. The van der Waals surface area contributed by atoms with E-state index in [0.29, 0.717) is 23.0 Å². The molecule has 1 heterocycles. The minimum Gasteiger partial charge on any atom is -0.493 e. The van der Waals surface area contributed by atoms with Crippen LogP contribution in [0, 0.1) is 6.92 Å². The van der Waals surface area contributed by atoms with Gasteiger partial charge in [-0.1, -0.05) is 6.07 Å². The second kappa shape index (κ2) is 7.94. The van der Waals surface area contributed by atoms with Crippen molar-refractivity contribution in [3.05, 3.63) is 41.6 Å². The average Bonchev–Trinajstić information content (AvgIpc) is 2.70. The van der Waals surface area contributed by atoms with Crippen molar-refractivity contribution in [3.8, 4) is 34.1 Å². The third kappa shape index (κ3) is 3.31.